The molecule has 1 atom stereocenters. The minimum absolute atomic E-state index is 0.291. The fourth-order valence-corrected chi connectivity index (χ4v) is 3.01. The minimum atomic E-state index is -0.741. The van der Waals surface area contributed by atoms with Crippen LogP contribution in [0.3, 0.4) is 0 Å². The summed E-state index contributed by atoms with van der Waals surface area (Å²) in [5.74, 6) is 0.763. The van der Waals surface area contributed by atoms with E-state index in [1.54, 1.807) is 51.3 Å². The van der Waals surface area contributed by atoms with Gasteiger partial charge in [-0.15, -0.1) is 0 Å². The molecule has 1 unspecified atom stereocenters. The molecule has 0 aliphatic rings. The molecule has 0 fully saturated rings. The minimum Gasteiger partial charge on any atom is -0.497 e. The smallest absolute Gasteiger partial charge is 0.347 e. The number of hydrogen-bond acceptors (Lipinski definition) is 6. The summed E-state index contributed by atoms with van der Waals surface area (Å²) < 4.78 is 21.3. The van der Waals surface area contributed by atoms with Crippen molar-refractivity contribution in [3.05, 3.63) is 58.4 Å². The van der Waals surface area contributed by atoms with Gasteiger partial charge in [-0.25, -0.2) is 9.59 Å². The first-order valence-corrected chi connectivity index (χ1v) is 8.99. The van der Waals surface area contributed by atoms with Gasteiger partial charge < -0.3 is 18.6 Å². The SMILES string of the molecule is CCOC(=O)C(C)Oc1ccc2oc(=O)c(-c3ccc(OC)cc3)c(C)c2c1. The van der Waals surface area contributed by atoms with E-state index in [4.69, 9.17) is 18.6 Å². The van der Waals surface area contributed by atoms with E-state index >= 15 is 0 Å². The molecule has 6 heteroatoms. The zero-order valence-electron chi connectivity index (χ0n) is 16.3. The topological polar surface area (TPSA) is 75.0 Å². The van der Waals surface area contributed by atoms with E-state index in [9.17, 15) is 9.59 Å². The monoisotopic (exact) mass is 382 g/mol. The molecule has 146 valence electrons. The molecule has 0 spiro atoms. The number of ether oxygens (including phenoxy) is 3. The van der Waals surface area contributed by atoms with Gasteiger partial charge in [0.2, 0.25) is 0 Å². The van der Waals surface area contributed by atoms with Crippen LogP contribution in [0.5, 0.6) is 11.5 Å². The van der Waals surface area contributed by atoms with Crippen LogP contribution in [0.4, 0.5) is 0 Å². The number of esters is 1. The predicted octanol–water partition coefficient (Wildman–Crippen LogP) is 4.11. The van der Waals surface area contributed by atoms with Crippen LogP contribution in [0.2, 0.25) is 0 Å². The Balaban J connectivity index is 2.02. The number of carbonyl (C=O) groups is 1. The maximum Gasteiger partial charge on any atom is 0.347 e. The second kappa shape index (κ2) is 8.17. The Hall–Kier alpha value is -3.28. The van der Waals surface area contributed by atoms with Gasteiger partial charge in [0.05, 0.1) is 19.3 Å². The number of rotatable bonds is 6. The summed E-state index contributed by atoms with van der Waals surface area (Å²) in [4.78, 5) is 24.3. The number of methoxy groups -OCH3 is 1. The molecule has 0 aliphatic heterocycles. The van der Waals surface area contributed by atoms with Gasteiger partial charge in [0.15, 0.2) is 6.10 Å². The Morgan fingerprint density at radius 2 is 1.79 bits per heavy atom. The quantitative estimate of drug-likeness (QED) is 0.472. The van der Waals surface area contributed by atoms with Gasteiger partial charge >= 0.3 is 11.6 Å². The molecular formula is C22H22O6. The fraction of sp³-hybridized carbons (Fsp3) is 0.273. The standard InChI is InChI=1S/C22H22O6/c1-5-26-21(23)14(3)27-17-10-11-19-18(12-17)13(2)20(22(24)28-19)15-6-8-16(25-4)9-7-15/h6-12,14H,5H2,1-4H3. The van der Waals surface area contributed by atoms with Crippen LogP contribution in [-0.2, 0) is 9.53 Å². The fourth-order valence-electron chi connectivity index (χ4n) is 3.01. The van der Waals surface area contributed by atoms with Crippen molar-refractivity contribution in [2.24, 2.45) is 0 Å². The Morgan fingerprint density at radius 1 is 1.11 bits per heavy atom. The van der Waals surface area contributed by atoms with Crippen LogP contribution in [0.25, 0.3) is 22.1 Å². The van der Waals surface area contributed by atoms with Gasteiger partial charge in [0.25, 0.3) is 0 Å². The number of aryl methyl sites for hydroxylation is 1. The average Bonchev–Trinajstić information content (AvgIpc) is 2.69. The van der Waals surface area contributed by atoms with Crippen LogP contribution >= 0.6 is 0 Å². The van der Waals surface area contributed by atoms with Gasteiger partial charge in [-0.05, 0) is 62.2 Å². The molecule has 0 aliphatic carbocycles. The molecule has 3 rings (SSSR count). The highest BCUT2D eigenvalue weighted by Crippen LogP contribution is 2.30. The van der Waals surface area contributed by atoms with Gasteiger partial charge in [-0.3, -0.25) is 0 Å². The van der Waals surface area contributed by atoms with Crippen molar-refractivity contribution in [2.45, 2.75) is 26.9 Å². The lowest BCUT2D eigenvalue weighted by Gasteiger charge is -2.14. The van der Waals surface area contributed by atoms with Crippen molar-refractivity contribution >= 4 is 16.9 Å². The van der Waals surface area contributed by atoms with E-state index in [0.29, 0.717) is 29.3 Å². The number of fused-ring (bicyclic) bond motifs is 1. The Labute approximate surface area is 162 Å². The maximum absolute atomic E-state index is 12.5. The number of hydrogen-bond donors (Lipinski definition) is 0. The van der Waals surface area contributed by atoms with Gasteiger partial charge in [-0.1, -0.05) is 12.1 Å². The summed E-state index contributed by atoms with van der Waals surface area (Å²) in [6.07, 6.45) is -0.741. The van der Waals surface area contributed by atoms with Crippen LogP contribution in [0, 0.1) is 6.92 Å². The van der Waals surface area contributed by atoms with E-state index in [1.165, 1.54) is 0 Å². The summed E-state index contributed by atoms with van der Waals surface area (Å²) >= 11 is 0. The van der Waals surface area contributed by atoms with Crippen LogP contribution in [0.1, 0.15) is 19.4 Å². The lowest BCUT2D eigenvalue weighted by Crippen LogP contribution is -2.26. The lowest BCUT2D eigenvalue weighted by atomic mass is 9.99. The van der Waals surface area contributed by atoms with E-state index in [1.807, 2.05) is 19.1 Å². The molecular weight excluding hydrogens is 360 g/mol. The first kappa shape index (κ1) is 19.5. The summed E-state index contributed by atoms with van der Waals surface area (Å²) in [5, 5.41) is 0.735. The van der Waals surface area contributed by atoms with Gasteiger partial charge in [0, 0.05) is 5.39 Å². The van der Waals surface area contributed by atoms with E-state index in [2.05, 4.69) is 0 Å². The first-order chi connectivity index (χ1) is 13.4. The van der Waals surface area contributed by atoms with E-state index < -0.39 is 17.7 Å². The van der Waals surface area contributed by atoms with Crippen LogP contribution in [0.15, 0.2) is 51.7 Å². The molecule has 1 aromatic heterocycles. The van der Waals surface area contributed by atoms with Crippen LogP contribution < -0.4 is 15.1 Å². The summed E-state index contributed by atoms with van der Waals surface area (Å²) in [7, 11) is 1.59. The van der Waals surface area contributed by atoms with Crippen molar-refractivity contribution in [1.82, 2.24) is 0 Å². The summed E-state index contributed by atoms with van der Waals surface area (Å²) in [5.41, 5.74) is 2.02. The number of carbonyl (C=O) groups excluding carboxylic acids is 1. The normalized spacial score (nSPS) is 11.9. The highest BCUT2D eigenvalue weighted by molar-refractivity contribution is 5.87. The highest BCUT2D eigenvalue weighted by atomic mass is 16.6. The van der Waals surface area contributed by atoms with Crippen molar-refractivity contribution in [3.8, 4) is 22.6 Å². The molecule has 3 aromatic rings. The van der Waals surface area contributed by atoms with Crippen molar-refractivity contribution in [3.63, 3.8) is 0 Å². The third kappa shape index (κ3) is 3.86. The van der Waals surface area contributed by atoms with Crippen LogP contribution in [-0.4, -0.2) is 25.8 Å². The average molecular weight is 382 g/mol. The van der Waals surface area contributed by atoms with Crippen molar-refractivity contribution in [2.75, 3.05) is 13.7 Å². The van der Waals surface area contributed by atoms with Gasteiger partial charge in [0.1, 0.15) is 17.1 Å². The third-order valence-electron chi connectivity index (χ3n) is 4.45. The molecule has 0 radical (unpaired) electrons. The Kier molecular flexibility index (Phi) is 5.68. The van der Waals surface area contributed by atoms with Crippen molar-refractivity contribution < 1.29 is 23.4 Å². The molecule has 2 aromatic carbocycles. The predicted molar refractivity (Wildman–Crippen MR) is 106 cm³/mol. The first-order valence-electron chi connectivity index (χ1n) is 8.99. The lowest BCUT2D eigenvalue weighted by molar-refractivity contribution is -0.150. The highest BCUT2D eigenvalue weighted by Gasteiger charge is 2.18. The zero-order chi connectivity index (χ0) is 20.3. The summed E-state index contributed by atoms with van der Waals surface area (Å²) in [6.45, 7) is 5.52. The maximum atomic E-state index is 12.5. The molecule has 0 saturated heterocycles. The zero-order valence-corrected chi connectivity index (χ0v) is 16.3. The van der Waals surface area contributed by atoms with E-state index in [0.717, 1.165) is 16.5 Å². The van der Waals surface area contributed by atoms with Crippen molar-refractivity contribution in [1.29, 1.82) is 0 Å². The molecule has 28 heavy (non-hydrogen) atoms. The Bertz CT molecular complexity index is 1050. The second-order valence-corrected chi connectivity index (χ2v) is 6.29. The Morgan fingerprint density at radius 3 is 2.43 bits per heavy atom. The third-order valence-corrected chi connectivity index (χ3v) is 4.45. The van der Waals surface area contributed by atoms with E-state index in [-0.39, 0.29) is 0 Å². The second-order valence-electron chi connectivity index (χ2n) is 6.29. The summed E-state index contributed by atoms with van der Waals surface area (Å²) in [6, 6.07) is 12.3. The number of benzene rings is 2. The molecule has 0 saturated carbocycles. The molecule has 0 N–H and O–H groups in total. The molecule has 6 nitrogen and oxygen atoms in total. The largest absolute Gasteiger partial charge is 0.497 e. The van der Waals surface area contributed by atoms with Gasteiger partial charge in [-0.2, -0.15) is 0 Å². The molecule has 0 amide bonds. The molecule has 0 bridgehead atoms. The molecule has 1 heterocycles.